The predicted molar refractivity (Wildman–Crippen MR) is 73.6 cm³/mol. The van der Waals surface area contributed by atoms with Crippen molar-refractivity contribution < 1.29 is 31.1 Å². The van der Waals surface area contributed by atoms with Crippen molar-refractivity contribution in [2.75, 3.05) is 7.11 Å². The highest BCUT2D eigenvalue weighted by molar-refractivity contribution is 7.99. The summed E-state index contributed by atoms with van der Waals surface area (Å²) in [5.41, 5.74) is -2.66. The highest BCUT2D eigenvalue weighted by Gasteiger charge is 2.36. The van der Waals surface area contributed by atoms with Crippen molar-refractivity contribution in [3.8, 4) is 5.75 Å². The first kappa shape index (κ1) is 17.5. The molecule has 0 amide bonds. The second-order valence-corrected chi connectivity index (χ2v) is 5.67. The zero-order valence-electron chi connectivity index (χ0n) is 11.6. The SMILES string of the molecule is COc1ccc(Sc2cc(C(F)(F)F)cc(C(F)(F)F)c2)cc1. The Bertz CT molecular complexity index is 644. The molecule has 0 spiro atoms. The van der Waals surface area contributed by atoms with E-state index >= 15 is 0 Å². The largest absolute Gasteiger partial charge is 0.497 e. The molecule has 0 aliphatic carbocycles. The standard InChI is InChI=1S/C15H10F6OS/c1-22-11-2-4-12(5-3-11)23-13-7-9(14(16,17)18)6-10(8-13)15(19,20)21/h2-8H,1H3. The van der Waals surface area contributed by atoms with E-state index in [1.807, 2.05) is 0 Å². The number of alkyl halides is 6. The lowest BCUT2D eigenvalue weighted by Crippen LogP contribution is -2.10. The predicted octanol–water partition coefficient (Wildman–Crippen LogP) is 5.88. The van der Waals surface area contributed by atoms with Crippen LogP contribution in [0, 0.1) is 0 Å². The molecule has 0 aromatic heterocycles. The van der Waals surface area contributed by atoms with Gasteiger partial charge in [0.2, 0.25) is 0 Å². The van der Waals surface area contributed by atoms with Gasteiger partial charge in [-0.3, -0.25) is 0 Å². The Morgan fingerprint density at radius 1 is 0.739 bits per heavy atom. The van der Waals surface area contributed by atoms with Gasteiger partial charge >= 0.3 is 12.4 Å². The van der Waals surface area contributed by atoms with Gasteiger partial charge in [0.05, 0.1) is 18.2 Å². The normalized spacial score (nSPS) is 12.3. The summed E-state index contributed by atoms with van der Waals surface area (Å²) in [5.74, 6) is 0.536. The maximum atomic E-state index is 12.8. The lowest BCUT2D eigenvalue weighted by molar-refractivity contribution is -0.143. The molecule has 0 saturated heterocycles. The van der Waals surface area contributed by atoms with E-state index in [1.165, 1.54) is 7.11 Å². The maximum absolute atomic E-state index is 12.8. The molecule has 0 heterocycles. The van der Waals surface area contributed by atoms with Crippen molar-refractivity contribution in [3.05, 3.63) is 53.6 Å². The van der Waals surface area contributed by atoms with Crippen LogP contribution < -0.4 is 4.74 Å². The number of rotatable bonds is 3. The first-order chi connectivity index (χ1) is 10.6. The maximum Gasteiger partial charge on any atom is 0.416 e. The molecular weight excluding hydrogens is 342 g/mol. The monoisotopic (exact) mass is 352 g/mol. The Morgan fingerprint density at radius 3 is 1.61 bits per heavy atom. The zero-order chi connectivity index (χ0) is 17.3. The fourth-order valence-corrected chi connectivity index (χ4v) is 2.68. The molecule has 0 radical (unpaired) electrons. The third kappa shape index (κ3) is 4.57. The van der Waals surface area contributed by atoms with Crippen LogP contribution in [0.25, 0.3) is 0 Å². The average molecular weight is 352 g/mol. The Balaban J connectivity index is 2.40. The van der Waals surface area contributed by atoms with Gasteiger partial charge in [-0.2, -0.15) is 26.3 Å². The molecule has 0 unspecified atom stereocenters. The van der Waals surface area contributed by atoms with Crippen LogP contribution in [0.1, 0.15) is 11.1 Å². The van der Waals surface area contributed by atoms with Crippen LogP contribution in [0.2, 0.25) is 0 Å². The Hall–Kier alpha value is -1.83. The molecule has 0 N–H and O–H groups in total. The minimum absolute atomic E-state index is 0.109. The third-order valence-electron chi connectivity index (χ3n) is 2.86. The molecule has 2 aromatic carbocycles. The van der Waals surface area contributed by atoms with Crippen molar-refractivity contribution in [2.24, 2.45) is 0 Å². The molecular formula is C15H10F6OS. The molecule has 0 fully saturated rings. The number of hydrogen-bond acceptors (Lipinski definition) is 2. The summed E-state index contributed by atoms with van der Waals surface area (Å²) in [5, 5.41) is 0. The van der Waals surface area contributed by atoms with Gasteiger partial charge in [-0.25, -0.2) is 0 Å². The van der Waals surface area contributed by atoms with E-state index in [0.717, 1.165) is 11.8 Å². The third-order valence-corrected chi connectivity index (χ3v) is 3.84. The van der Waals surface area contributed by atoms with Gasteiger partial charge in [0.25, 0.3) is 0 Å². The topological polar surface area (TPSA) is 9.23 Å². The van der Waals surface area contributed by atoms with Crippen LogP contribution in [0.15, 0.2) is 52.3 Å². The van der Waals surface area contributed by atoms with E-state index in [0.29, 0.717) is 22.8 Å². The molecule has 0 aliphatic heterocycles. The van der Waals surface area contributed by atoms with Crippen molar-refractivity contribution >= 4 is 11.8 Å². The molecule has 2 aromatic rings. The van der Waals surface area contributed by atoms with Gasteiger partial charge in [0, 0.05) is 9.79 Å². The van der Waals surface area contributed by atoms with E-state index in [-0.39, 0.29) is 11.0 Å². The summed E-state index contributed by atoms with van der Waals surface area (Å²) in [7, 11) is 1.45. The first-order valence-corrected chi connectivity index (χ1v) is 7.02. The minimum atomic E-state index is -4.85. The summed E-state index contributed by atoms with van der Waals surface area (Å²) < 4.78 is 81.6. The summed E-state index contributed by atoms with van der Waals surface area (Å²) in [6, 6.07) is 7.75. The average Bonchev–Trinajstić information content (AvgIpc) is 2.46. The number of ether oxygens (including phenoxy) is 1. The van der Waals surface area contributed by atoms with Crippen molar-refractivity contribution in [1.82, 2.24) is 0 Å². The van der Waals surface area contributed by atoms with Gasteiger partial charge in [0.15, 0.2) is 0 Å². The molecule has 23 heavy (non-hydrogen) atoms. The Morgan fingerprint density at radius 2 is 1.22 bits per heavy atom. The molecule has 2 rings (SSSR count). The fourth-order valence-electron chi connectivity index (χ4n) is 1.77. The number of hydrogen-bond donors (Lipinski definition) is 0. The van der Waals surface area contributed by atoms with Crippen LogP contribution >= 0.6 is 11.8 Å². The van der Waals surface area contributed by atoms with Crippen LogP contribution in [-0.2, 0) is 12.4 Å². The van der Waals surface area contributed by atoms with Gasteiger partial charge in [-0.1, -0.05) is 11.8 Å². The molecule has 0 bridgehead atoms. The van der Waals surface area contributed by atoms with E-state index in [1.54, 1.807) is 24.3 Å². The van der Waals surface area contributed by atoms with Gasteiger partial charge in [-0.05, 0) is 42.5 Å². The molecule has 0 saturated carbocycles. The van der Waals surface area contributed by atoms with Crippen LogP contribution in [0.3, 0.4) is 0 Å². The summed E-state index contributed by atoms with van der Waals surface area (Å²) in [4.78, 5) is 0.357. The lowest BCUT2D eigenvalue weighted by Gasteiger charge is -2.14. The van der Waals surface area contributed by atoms with Gasteiger partial charge in [-0.15, -0.1) is 0 Å². The van der Waals surface area contributed by atoms with E-state index in [4.69, 9.17) is 4.74 Å². The lowest BCUT2D eigenvalue weighted by atomic mass is 10.1. The first-order valence-electron chi connectivity index (χ1n) is 6.21. The molecule has 8 heteroatoms. The number of halogens is 6. The Labute approximate surface area is 132 Å². The second-order valence-electron chi connectivity index (χ2n) is 4.52. The number of benzene rings is 2. The van der Waals surface area contributed by atoms with Gasteiger partial charge < -0.3 is 4.74 Å². The zero-order valence-corrected chi connectivity index (χ0v) is 12.4. The summed E-state index contributed by atoms with van der Waals surface area (Å²) in [6.45, 7) is 0. The molecule has 124 valence electrons. The fraction of sp³-hybridized carbons (Fsp3) is 0.200. The van der Waals surface area contributed by atoms with Crippen LogP contribution in [0.4, 0.5) is 26.3 Å². The quantitative estimate of drug-likeness (QED) is 0.638. The summed E-state index contributed by atoms with van der Waals surface area (Å²) in [6.07, 6.45) is -9.70. The van der Waals surface area contributed by atoms with Crippen molar-refractivity contribution in [3.63, 3.8) is 0 Å². The van der Waals surface area contributed by atoms with Crippen molar-refractivity contribution in [1.29, 1.82) is 0 Å². The van der Waals surface area contributed by atoms with Crippen molar-refractivity contribution in [2.45, 2.75) is 22.1 Å². The highest BCUT2D eigenvalue weighted by atomic mass is 32.2. The minimum Gasteiger partial charge on any atom is -0.497 e. The molecule has 0 aliphatic rings. The summed E-state index contributed by atoms with van der Waals surface area (Å²) >= 11 is 0.812. The van der Waals surface area contributed by atoms with Crippen LogP contribution in [0.5, 0.6) is 5.75 Å². The van der Waals surface area contributed by atoms with Gasteiger partial charge in [0.1, 0.15) is 5.75 Å². The number of methoxy groups -OCH3 is 1. The van der Waals surface area contributed by atoms with E-state index in [9.17, 15) is 26.3 Å². The van der Waals surface area contributed by atoms with E-state index < -0.39 is 23.5 Å². The second kappa shape index (κ2) is 6.35. The smallest absolute Gasteiger partial charge is 0.416 e. The van der Waals surface area contributed by atoms with Crippen LogP contribution in [-0.4, -0.2) is 7.11 Å². The highest BCUT2D eigenvalue weighted by Crippen LogP contribution is 2.40. The molecule has 0 atom stereocenters. The Kier molecular flexibility index (Phi) is 4.84. The molecule has 1 nitrogen and oxygen atoms in total. The van der Waals surface area contributed by atoms with E-state index in [2.05, 4.69) is 0 Å².